The van der Waals surface area contributed by atoms with E-state index >= 15 is 0 Å². The predicted octanol–water partition coefficient (Wildman–Crippen LogP) is 1.11. The summed E-state index contributed by atoms with van der Waals surface area (Å²) in [7, 11) is -2.81. The van der Waals surface area contributed by atoms with Crippen LogP contribution in [-0.2, 0) is 9.84 Å². The highest BCUT2D eigenvalue weighted by molar-refractivity contribution is 7.91. The topological polar surface area (TPSA) is 60.2 Å². The second-order valence-corrected chi connectivity index (χ2v) is 5.59. The number of allylic oxidation sites excluding steroid dienone is 1. The maximum atomic E-state index is 11.1. The van der Waals surface area contributed by atoms with Crippen molar-refractivity contribution in [3.63, 3.8) is 0 Å². The van der Waals surface area contributed by atoms with Crippen LogP contribution in [0.3, 0.4) is 0 Å². The van der Waals surface area contributed by atoms with Crippen LogP contribution in [0.15, 0.2) is 11.6 Å². The molecule has 0 atom stereocenters. The first-order chi connectivity index (χ1) is 6.02. The van der Waals surface area contributed by atoms with E-state index in [-0.39, 0.29) is 11.5 Å². The summed E-state index contributed by atoms with van der Waals surface area (Å²) in [4.78, 5) is 0. The number of sulfone groups is 1. The van der Waals surface area contributed by atoms with E-state index in [0.717, 1.165) is 12.0 Å². The lowest BCUT2D eigenvalue weighted by Gasteiger charge is -2.01. The summed E-state index contributed by atoms with van der Waals surface area (Å²) in [5, 5.41) is 0. The van der Waals surface area contributed by atoms with E-state index < -0.39 is 9.84 Å². The van der Waals surface area contributed by atoms with Gasteiger partial charge in [-0.2, -0.15) is 0 Å². The molecule has 0 fully saturated rings. The molecule has 0 aromatic carbocycles. The van der Waals surface area contributed by atoms with Crippen LogP contribution in [-0.4, -0.2) is 26.5 Å². The van der Waals surface area contributed by atoms with Crippen LogP contribution in [0.5, 0.6) is 0 Å². The standard InChI is InChI=1S/C9H19NO2S/c1-3-13(11,12)8-6-9(2)5-4-7-10/h5H,3-4,6-8,10H2,1-2H3. The summed E-state index contributed by atoms with van der Waals surface area (Å²) in [5.41, 5.74) is 6.44. The minimum Gasteiger partial charge on any atom is -0.330 e. The summed E-state index contributed by atoms with van der Waals surface area (Å²) in [6.45, 7) is 4.24. The van der Waals surface area contributed by atoms with Gasteiger partial charge in [0.2, 0.25) is 0 Å². The van der Waals surface area contributed by atoms with Crippen LogP contribution in [0.25, 0.3) is 0 Å². The third-order valence-corrected chi connectivity index (χ3v) is 3.61. The molecule has 78 valence electrons. The van der Waals surface area contributed by atoms with Gasteiger partial charge in [0, 0.05) is 5.75 Å². The van der Waals surface area contributed by atoms with E-state index in [2.05, 4.69) is 0 Å². The largest absolute Gasteiger partial charge is 0.330 e. The second-order valence-electron chi connectivity index (χ2n) is 3.11. The third kappa shape index (κ3) is 6.78. The Kier molecular flexibility index (Phi) is 5.99. The molecule has 0 amide bonds. The molecule has 0 saturated carbocycles. The molecule has 2 N–H and O–H groups in total. The Labute approximate surface area is 80.9 Å². The molecule has 0 heterocycles. The average molecular weight is 205 g/mol. The van der Waals surface area contributed by atoms with Crippen LogP contribution in [0.4, 0.5) is 0 Å². The molecule has 0 unspecified atom stereocenters. The van der Waals surface area contributed by atoms with E-state index in [0.29, 0.717) is 13.0 Å². The van der Waals surface area contributed by atoms with Crippen molar-refractivity contribution in [3.05, 3.63) is 11.6 Å². The highest BCUT2D eigenvalue weighted by Gasteiger charge is 2.06. The van der Waals surface area contributed by atoms with Crippen molar-refractivity contribution in [2.24, 2.45) is 5.73 Å². The van der Waals surface area contributed by atoms with E-state index in [1.54, 1.807) is 6.92 Å². The van der Waals surface area contributed by atoms with Crippen molar-refractivity contribution in [2.45, 2.75) is 26.7 Å². The summed E-state index contributed by atoms with van der Waals surface area (Å²) >= 11 is 0. The fourth-order valence-electron chi connectivity index (χ4n) is 0.893. The highest BCUT2D eigenvalue weighted by atomic mass is 32.2. The van der Waals surface area contributed by atoms with Crippen molar-refractivity contribution in [3.8, 4) is 0 Å². The van der Waals surface area contributed by atoms with E-state index in [1.165, 1.54) is 0 Å². The third-order valence-electron chi connectivity index (χ3n) is 1.91. The van der Waals surface area contributed by atoms with E-state index in [9.17, 15) is 8.42 Å². The maximum Gasteiger partial charge on any atom is 0.150 e. The summed E-state index contributed by atoms with van der Waals surface area (Å²) in [6.07, 6.45) is 3.47. The van der Waals surface area contributed by atoms with Gasteiger partial charge >= 0.3 is 0 Å². The van der Waals surface area contributed by atoms with Crippen LogP contribution >= 0.6 is 0 Å². The van der Waals surface area contributed by atoms with Gasteiger partial charge in [-0.15, -0.1) is 0 Å². The molecule has 0 bridgehead atoms. The lowest BCUT2D eigenvalue weighted by Crippen LogP contribution is -2.08. The van der Waals surface area contributed by atoms with Gasteiger partial charge in [-0.3, -0.25) is 0 Å². The van der Waals surface area contributed by atoms with Gasteiger partial charge in [0.05, 0.1) is 5.75 Å². The van der Waals surface area contributed by atoms with E-state index in [1.807, 2.05) is 13.0 Å². The predicted molar refractivity (Wildman–Crippen MR) is 56.4 cm³/mol. The SMILES string of the molecule is CCS(=O)(=O)CCC(C)=CCCN. The molecule has 0 spiro atoms. The molecule has 0 aromatic rings. The smallest absolute Gasteiger partial charge is 0.150 e. The fraction of sp³-hybridized carbons (Fsp3) is 0.778. The molecular formula is C9H19NO2S. The Morgan fingerprint density at radius 3 is 2.54 bits per heavy atom. The molecular weight excluding hydrogens is 186 g/mol. The maximum absolute atomic E-state index is 11.1. The number of rotatable bonds is 6. The minimum absolute atomic E-state index is 0.233. The molecule has 0 aromatic heterocycles. The molecule has 0 saturated heterocycles. The van der Waals surface area contributed by atoms with Gasteiger partial charge in [-0.05, 0) is 26.3 Å². The van der Waals surface area contributed by atoms with Crippen molar-refractivity contribution < 1.29 is 8.42 Å². The van der Waals surface area contributed by atoms with Crippen LogP contribution in [0.1, 0.15) is 26.7 Å². The van der Waals surface area contributed by atoms with Crippen molar-refractivity contribution in [2.75, 3.05) is 18.1 Å². The summed E-state index contributed by atoms with van der Waals surface area (Å²) < 4.78 is 22.3. The first kappa shape index (κ1) is 12.7. The van der Waals surface area contributed by atoms with Crippen molar-refractivity contribution in [1.29, 1.82) is 0 Å². The monoisotopic (exact) mass is 205 g/mol. The Morgan fingerprint density at radius 1 is 1.46 bits per heavy atom. The molecule has 0 aliphatic rings. The van der Waals surface area contributed by atoms with Crippen molar-refractivity contribution >= 4 is 9.84 Å². The fourth-order valence-corrected chi connectivity index (χ4v) is 1.81. The van der Waals surface area contributed by atoms with Gasteiger partial charge in [-0.1, -0.05) is 18.6 Å². The highest BCUT2D eigenvalue weighted by Crippen LogP contribution is 2.04. The average Bonchev–Trinajstić information content (AvgIpc) is 2.11. The quantitative estimate of drug-likeness (QED) is 0.661. The van der Waals surface area contributed by atoms with Crippen molar-refractivity contribution in [1.82, 2.24) is 0 Å². The Bertz CT molecular complexity index is 255. The Balaban J connectivity index is 3.89. The van der Waals surface area contributed by atoms with Crippen LogP contribution < -0.4 is 5.73 Å². The first-order valence-corrected chi connectivity index (χ1v) is 6.40. The van der Waals surface area contributed by atoms with Gasteiger partial charge < -0.3 is 5.73 Å². The van der Waals surface area contributed by atoms with Gasteiger partial charge in [-0.25, -0.2) is 8.42 Å². The molecule has 13 heavy (non-hydrogen) atoms. The second kappa shape index (κ2) is 6.16. The number of hydrogen-bond donors (Lipinski definition) is 1. The zero-order valence-electron chi connectivity index (χ0n) is 8.41. The zero-order chi connectivity index (χ0) is 10.3. The Hall–Kier alpha value is -0.350. The van der Waals surface area contributed by atoms with Gasteiger partial charge in [0.1, 0.15) is 9.84 Å². The van der Waals surface area contributed by atoms with Crippen LogP contribution in [0.2, 0.25) is 0 Å². The molecule has 0 aliphatic heterocycles. The molecule has 0 rings (SSSR count). The molecule has 0 aliphatic carbocycles. The molecule has 3 nitrogen and oxygen atoms in total. The molecule has 4 heteroatoms. The number of hydrogen-bond acceptors (Lipinski definition) is 3. The minimum atomic E-state index is -2.81. The van der Waals surface area contributed by atoms with E-state index in [4.69, 9.17) is 5.73 Å². The van der Waals surface area contributed by atoms with Crippen LogP contribution in [0, 0.1) is 0 Å². The summed E-state index contributed by atoms with van der Waals surface area (Å²) in [6, 6.07) is 0. The Morgan fingerprint density at radius 2 is 2.08 bits per heavy atom. The van der Waals surface area contributed by atoms with Gasteiger partial charge in [0.25, 0.3) is 0 Å². The number of nitrogens with two attached hydrogens (primary N) is 1. The lowest BCUT2D eigenvalue weighted by atomic mass is 10.2. The first-order valence-electron chi connectivity index (χ1n) is 4.58. The van der Waals surface area contributed by atoms with Gasteiger partial charge in [0.15, 0.2) is 0 Å². The zero-order valence-corrected chi connectivity index (χ0v) is 9.23. The summed E-state index contributed by atoms with van der Waals surface area (Å²) in [5.74, 6) is 0.494. The lowest BCUT2D eigenvalue weighted by molar-refractivity contribution is 0.596. The normalized spacial score (nSPS) is 13.3. The molecule has 0 radical (unpaired) electrons.